The van der Waals surface area contributed by atoms with Gasteiger partial charge in [0.2, 0.25) is 0 Å². The Morgan fingerprint density at radius 2 is 1.47 bits per heavy atom. The van der Waals surface area contributed by atoms with Gasteiger partial charge in [-0.05, 0) is 6.42 Å². The highest BCUT2D eigenvalue weighted by Crippen LogP contribution is 2.02. The molecule has 0 unspecified atom stereocenters. The summed E-state index contributed by atoms with van der Waals surface area (Å²) >= 11 is 0. The van der Waals surface area contributed by atoms with E-state index in [2.05, 4.69) is 16.4 Å². The van der Waals surface area contributed by atoms with Crippen molar-refractivity contribution in [2.75, 3.05) is 14.2 Å². The standard InChI is InChI=1S/C8H16O2.C5H10O2.C2H6/c1-3-4-5-6-7-8(9)10-2;1-4(2)5(6)7-3;1-2/h3-7H2,1-2H3;4H,1-3H3;1-2H3. The van der Waals surface area contributed by atoms with E-state index >= 15 is 0 Å². The van der Waals surface area contributed by atoms with E-state index in [1.54, 1.807) is 13.8 Å². The molecule has 0 fully saturated rings. The molecule has 0 bridgehead atoms. The van der Waals surface area contributed by atoms with Crippen LogP contribution >= 0.6 is 0 Å². The Kier molecular flexibility index (Phi) is 23.4. The Balaban J connectivity index is -0.000000249. The lowest BCUT2D eigenvalue weighted by atomic mass is 10.2. The van der Waals surface area contributed by atoms with Gasteiger partial charge in [-0.3, -0.25) is 9.59 Å². The number of unbranched alkanes of at least 4 members (excludes halogenated alkanes) is 3. The van der Waals surface area contributed by atoms with Crippen LogP contribution in [-0.4, -0.2) is 26.2 Å². The third-order valence-electron chi connectivity index (χ3n) is 2.13. The van der Waals surface area contributed by atoms with Crippen LogP contribution < -0.4 is 0 Å². The summed E-state index contributed by atoms with van der Waals surface area (Å²) in [5.74, 6) is -0.235. The maximum absolute atomic E-state index is 10.6. The Morgan fingerprint density at radius 3 is 1.74 bits per heavy atom. The highest BCUT2D eigenvalue weighted by molar-refractivity contribution is 5.71. The van der Waals surface area contributed by atoms with Gasteiger partial charge in [-0.2, -0.15) is 0 Å². The van der Waals surface area contributed by atoms with E-state index in [1.165, 1.54) is 27.1 Å². The molecule has 0 heterocycles. The fourth-order valence-corrected chi connectivity index (χ4v) is 1.03. The van der Waals surface area contributed by atoms with Crippen molar-refractivity contribution in [3.8, 4) is 0 Å². The summed E-state index contributed by atoms with van der Waals surface area (Å²) in [5, 5.41) is 0. The Morgan fingerprint density at radius 1 is 0.947 bits per heavy atom. The molecule has 0 aromatic heterocycles. The molecule has 0 aromatic rings. The van der Waals surface area contributed by atoms with Gasteiger partial charge in [-0.15, -0.1) is 0 Å². The molecule has 0 amide bonds. The first-order valence-electron chi connectivity index (χ1n) is 7.14. The molecular formula is C15H32O4. The van der Waals surface area contributed by atoms with Crippen LogP contribution in [-0.2, 0) is 19.1 Å². The van der Waals surface area contributed by atoms with Gasteiger partial charge in [-0.1, -0.05) is 53.9 Å². The van der Waals surface area contributed by atoms with Crippen molar-refractivity contribution < 1.29 is 19.1 Å². The molecule has 0 saturated carbocycles. The Labute approximate surface area is 118 Å². The average molecular weight is 276 g/mol. The Hall–Kier alpha value is -1.06. The predicted molar refractivity (Wildman–Crippen MR) is 79.0 cm³/mol. The second kappa shape index (κ2) is 19.3. The van der Waals surface area contributed by atoms with Gasteiger partial charge >= 0.3 is 11.9 Å². The lowest BCUT2D eigenvalue weighted by molar-refractivity contribution is -0.144. The van der Waals surface area contributed by atoms with Gasteiger partial charge in [-0.25, -0.2) is 0 Å². The van der Waals surface area contributed by atoms with Crippen LogP contribution in [0.2, 0.25) is 0 Å². The van der Waals surface area contributed by atoms with Crippen LogP contribution in [0.15, 0.2) is 0 Å². The van der Waals surface area contributed by atoms with Crippen LogP contribution in [0.5, 0.6) is 0 Å². The number of hydrogen-bond donors (Lipinski definition) is 0. The van der Waals surface area contributed by atoms with Crippen LogP contribution in [0.3, 0.4) is 0 Å². The summed E-state index contributed by atoms with van der Waals surface area (Å²) in [6.45, 7) is 9.75. The van der Waals surface area contributed by atoms with Crippen molar-refractivity contribution in [1.82, 2.24) is 0 Å². The fourth-order valence-electron chi connectivity index (χ4n) is 1.03. The minimum atomic E-state index is -0.153. The molecule has 19 heavy (non-hydrogen) atoms. The smallest absolute Gasteiger partial charge is 0.308 e. The molecule has 0 radical (unpaired) electrons. The van der Waals surface area contributed by atoms with Crippen molar-refractivity contribution in [3.63, 3.8) is 0 Å². The van der Waals surface area contributed by atoms with Gasteiger partial charge in [0.05, 0.1) is 20.1 Å². The molecule has 0 rings (SSSR count). The van der Waals surface area contributed by atoms with E-state index < -0.39 is 0 Å². The molecule has 4 heteroatoms. The van der Waals surface area contributed by atoms with Gasteiger partial charge in [0.1, 0.15) is 0 Å². The molecule has 0 saturated heterocycles. The Bertz CT molecular complexity index is 200. The van der Waals surface area contributed by atoms with Crippen molar-refractivity contribution >= 4 is 11.9 Å². The van der Waals surface area contributed by atoms with E-state index in [-0.39, 0.29) is 17.9 Å². The average Bonchev–Trinajstić information content (AvgIpc) is 2.45. The number of carbonyl (C=O) groups excluding carboxylic acids is 2. The summed E-state index contributed by atoms with van der Waals surface area (Å²) in [6.07, 6.45) is 5.13. The summed E-state index contributed by atoms with van der Waals surface area (Å²) in [5.41, 5.74) is 0. The zero-order chi connectivity index (χ0) is 15.7. The quantitative estimate of drug-likeness (QED) is 0.544. The first-order valence-corrected chi connectivity index (χ1v) is 7.14. The van der Waals surface area contributed by atoms with Gasteiger partial charge in [0.15, 0.2) is 0 Å². The second-order valence-electron chi connectivity index (χ2n) is 4.06. The lowest BCUT2D eigenvalue weighted by Gasteiger charge is -1.97. The van der Waals surface area contributed by atoms with Crippen molar-refractivity contribution in [2.24, 2.45) is 5.92 Å². The highest BCUT2D eigenvalue weighted by Gasteiger charge is 2.03. The summed E-state index contributed by atoms with van der Waals surface area (Å²) < 4.78 is 8.86. The third-order valence-corrected chi connectivity index (χ3v) is 2.13. The number of carbonyl (C=O) groups is 2. The normalized spacial score (nSPS) is 8.63. The largest absolute Gasteiger partial charge is 0.469 e. The number of ether oxygens (including phenoxy) is 2. The molecule has 0 aliphatic rings. The van der Waals surface area contributed by atoms with E-state index in [0.29, 0.717) is 6.42 Å². The van der Waals surface area contributed by atoms with Gasteiger partial charge in [0.25, 0.3) is 0 Å². The van der Waals surface area contributed by atoms with Gasteiger partial charge < -0.3 is 9.47 Å². The first-order chi connectivity index (χ1) is 8.99. The number of rotatable bonds is 6. The van der Waals surface area contributed by atoms with Crippen molar-refractivity contribution in [3.05, 3.63) is 0 Å². The van der Waals surface area contributed by atoms with Gasteiger partial charge in [0, 0.05) is 6.42 Å². The third kappa shape index (κ3) is 22.6. The monoisotopic (exact) mass is 276 g/mol. The molecule has 0 atom stereocenters. The van der Waals surface area contributed by atoms with Crippen LogP contribution in [0.1, 0.15) is 66.7 Å². The molecule has 0 spiro atoms. The topological polar surface area (TPSA) is 52.6 Å². The van der Waals surface area contributed by atoms with E-state index in [1.807, 2.05) is 13.8 Å². The van der Waals surface area contributed by atoms with Crippen LogP contribution in [0.4, 0.5) is 0 Å². The van der Waals surface area contributed by atoms with E-state index in [0.717, 1.165) is 12.8 Å². The minimum Gasteiger partial charge on any atom is -0.469 e. The first kappa shape index (κ1) is 23.1. The second-order valence-corrected chi connectivity index (χ2v) is 4.06. The fraction of sp³-hybridized carbons (Fsp3) is 0.867. The zero-order valence-corrected chi connectivity index (χ0v) is 13.7. The highest BCUT2D eigenvalue weighted by atomic mass is 16.5. The van der Waals surface area contributed by atoms with Crippen LogP contribution in [0.25, 0.3) is 0 Å². The number of esters is 2. The summed E-state index contributed by atoms with van der Waals surface area (Å²) in [6, 6.07) is 0. The zero-order valence-electron chi connectivity index (χ0n) is 13.7. The number of methoxy groups -OCH3 is 2. The molecule has 4 nitrogen and oxygen atoms in total. The van der Waals surface area contributed by atoms with Crippen LogP contribution in [0, 0.1) is 5.92 Å². The van der Waals surface area contributed by atoms with E-state index in [4.69, 9.17) is 0 Å². The number of hydrogen-bond acceptors (Lipinski definition) is 4. The molecule has 0 aromatic carbocycles. The molecule has 116 valence electrons. The lowest BCUT2D eigenvalue weighted by Crippen LogP contribution is -2.07. The molecule has 0 aliphatic carbocycles. The summed E-state index contributed by atoms with van der Waals surface area (Å²) in [7, 11) is 2.82. The maximum atomic E-state index is 10.6. The maximum Gasteiger partial charge on any atom is 0.308 e. The van der Waals surface area contributed by atoms with Crippen molar-refractivity contribution in [1.29, 1.82) is 0 Å². The predicted octanol–water partition coefficient (Wildman–Crippen LogP) is 3.97. The van der Waals surface area contributed by atoms with E-state index in [9.17, 15) is 9.59 Å². The summed E-state index contributed by atoms with van der Waals surface area (Å²) in [4.78, 5) is 20.8. The molecule has 0 N–H and O–H groups in total. The van der Waals surface area contributed by atoms with Crippen molar-refractivity contribution in [2.45, 2.75) is 66.7 Å². The minimum absolute atomic E-state index is 0.00463. The SMILES string of the molecule is CC.CCCCCCC(=O)OC.COC(=O)C(C)C. The molecule has 0 aliphatic heterocycles. The molecular weight excluding hydrogens is 244 g/mol.